The van der Waals surface area contributed by atoms with Crippen molar-refractivity contribution in [2.24, 2.45) is 17.3 Å². The highest BCUT2D eigenvalue weighted by Crippen LogP contribution is 2.55. The van der Waals surface area contributed by atoms with Gasteiger partial charge in [-0.2, -0.15) is 0 Å². The Bertz CT molecular complexity index is 841. The number of rotatable bonds is 8. The Morgan fingerprint density at radius 3 is 2.77 bits per heavy atom. The van der Waals surface area contributed by atoms with Gasteiger partial charge in [0.1, 0.15) is 6.04 Å². The third-order valence-electron chi connectivity index (χ3n) is 7.02. The van der Waals surface area contributed by atoms with Crippen molar-refractivity contribution in [1.82, 2.24) is 14.9 Å². The second kappa shape index (κ2) is 8.90. The number of carbonyl (C=O) groups is 3. The first-order valence-electron chi connectivity index (χ1n) is 11.0. The van der Waals surface area contributed by atoms with Gasteiger partial charge in [0.25, 0.3) is 0 Å². The van der Waals surface area contributed by atoms with Crippen molar-refractivity contribution in [3.63, 3.8) is 0 Å². The largest absolute Gasteiger partial charge is 0.330 e. The monoisotopic (exact) mass is 432 g/mol. The van der Waals surface area contributed by atoms with E-state index in [9.17, 15) is 24.0 Å². The fourth-order valence-electron chi connectivity index (χ4n) is 5.14. The normalized spacial score (nSPS) is 23.0. The summed E-state index contributed by atoms with van der Waals surface area (Å²) >= 11 is 0. The molecule has 1 aromatic heterocycles. The van der Waals surface area contributed by atoms with Crippen molar-refractivity contribution in [1.29, 1.82) is 0 Å². The van der Waals surface area contributed by atoms with Crippen LogP contribution in [0.3, 0.4) is 0 Å². The summed E-state index contributed by atoms with van der Waals surface area (Å²) in [5.41, 5.74) is -0.0538. The maximum absolute atomic E-state index is 14.0. The average molecular weight is 432 g/mol. The van der Waals surface area contributed by atoms with Crippen molar-refractivity contribution in [2.45, 2.75) is 57.4 Å². The van der Waals surface area contributed by atoms with Crippen LogP contribution >= 0.6 is 0 Å². The van der Waals surface area contributed by atoms with Gasteiger partial charge in [-0.25, -0.2) is 14.4 Å². The third kappa shape index (κ3) is 4.87. The molecule has 0 aromatic carbocycles. The number of aromatic nitrogens is 1. The average Bonchev–Trinajstić information content (AvgIpc) is 3.13. The minimum absolute atomic E-state index is 0.0538. The van der Waals surface area contributed by atoms with Crippen LogP contribution in [0, 0.1) is 23.1 Å². The van der Waals surface area contributed by atoms with Gasteiger partial charge in [-0.05, 0) is 49.1 Å². The van der Waals surface area contributed by atoms with Crippen LogP contribution in [0.25, 0.3) is 0 Å². The quantitative estimate of drug-likeness (QED) is 0.373. The molecule has 2 atom stereocenters. The fraction of sp³-hybridized carbons (Fsp3) is 0.636. The molecule has 1 spiro atoms. The van der Waals surface area contributed by atoms with E-state index in [4.69, 9.17) is 0 Å². The molecule has 3 fully saturated rings. The molecule has 8 nitrogen and oxygen atoms in total. The SMILES string of the molecule is O=CN(O)C[C@@H](CC1CCCC1)C(=O)N1CC2(CC2)C[C@H]1C(=O)Nc1ncccc1F. The number of halogens is 1. The van der Waals surface area contributed by atoms with Gasteiger partial charge < -0.3 is 10.2 Å². The van der Waals surface area contributed by atoms with Crippen molar-refractivity contribution in [3.05, 3.63) is 24.1 Å². The summed E-state index contributed by atoms with van der Waals surface area (Å²) in [6.45, 7) is 0.383. The first kappa shape index (κ1) is 21.7. The van der Waals surface area contributed by atoms with Crippen LogP contribution in [0.5, 0.6) is 0 Å². The van der Waals surface area contributed by atoms with E-state index in [1.54, 1.807) is 4.90 Å². The number of hydrogen-bond acceptors (Lipinski definition) is 5. The summed E-state index contributed by atoms with van der Waals surface area (Å²) in [4.78, 5) is 43.0. The van der Waals surface area contributed by atoms with Crippen LogP contribution in [-0.2, 0) is 14.4 Å². The van der Waals surface area contributed by atoms with Crippen LogP contribution in [0.2, 0.25) is 0 Å². The maximum Gasteiger partial charge on any atom is 0.248 e. The van der Waals surface area contributed by atoms with E-state index >= 15 is 0 Å². The molecule has 3 amide bonds. The van der Waals surface area contributed by atoms with Gasteiger partial charge >= 0.3 is 0 Å². The molecule has 0 radical (unpaired) electrons. The number of carbonyl (C=O) groups excluding carboxylic acids is 3. The second-order valence-electron chi connectivity index (χ2n) is 9.32. The molecule has 1 aliphatic heterocycles. The summed E-state index contributed by atoms with van der Waals surface area (Å²) in [6.07, 6.45) is 9.01. The highest BCUT2D eigenvalue weighted by atomic mass is 19.1. The Morgan fingerprint density at radius 1 is 1.39 bits per heavy atom. The van der Waals surface area contributed by atoms with Gasteiger partial charge in [0.2, 0.25) is 18.2 Å². The van der Waals surface area contributed by atoms with E-state index < -0.39 is 23.7 Å². The third-order valence-corrected chi connectivity index (χ3v) is 7.02. The number of amides is 3. The Hall–Kier alpha value is -2.55. The van der Waals surface area contributed by atoms with E-state index in [2.05, 4.69) is 10.3 Å². The molecule has 9 heteroatoms. The number of pyridine rings is 1. The van der Waals surface area contributed by atoms with E-state index in [1.165, 1.54) is 18.3 Å². The number of nitrogens with zero attached hydrogens (tertiary/aromatic N) is 3. The molecule has 0 bridgehead atoms. The van der Waals surface area contributed by atoms with Crippen molar-refractivity contribution in [2.75, 3.05) is 18.4 Å². The van der Waals surface area contributed by atoms with Crippen molar-refractivity contribution in [3.8, 4) is 0 Å². The van der Waals surface area contributed by atoms with Gasteiger partial charge in [0, 0.05) is 12.7 Å². The Kier molecular flexibility index (Phi) is 6.22. The predicted octanol–water partition coefficient (Wildman–Crippen LogP) is 2.58. The molecule has 2 heterocycles. The lowest BCUT2D eigenvalue weighted by Crippen LogP contribution is -2.48. The van der Waals surface area contributed by atoms with E-state index in [-0.39, 0.29) is 23.7 Å². The Balaban J connectivity index is 1.51. The molecule has 3 aliphatic rings. The fourth-order valence-corrected chi connectivity index (χ4v) is 5.14. The first-order valence-corrected chi connectivity index (χ1v) is 11.0. The maximum atomic E-state index is 14.0. The van der Waals surface area contributed by atoms with E-state index in [0.717, 1.165) is 38.5 Å². The lowest BCUT2D eigenvalue weighted by molar-refractivity contribution is -0.158. The summed E-state index contributed by atoms with van der Waals surface area (Å²) in [5, 5.41) is 12.8. The minimum Gasteiger partial charge on any atom is -0.330 e. The summed E-state index contributed by atoms with van der Waals surface area (Å²) in [7, 11) is 0. The Morgan fingerprint density at radius 2 is 2.13 bits per heavy atom. The molecule has 2 saturated carbocycles. The molecule has 2 N–H and O–H groups in total. The Labute approximate surface area is 180 Å². The molecule has 0 unspecified atom stereocenters. The van der Waals surface area contributed by atoms with Gasteiger partial charge in [-0.1, -0.05) is 25.7 Å². The van der Waals surface area contributed by atoms with Gasteiger partial charge in [0.05, 0.1) is 12.5 Å². The number of likely N-dealkylation sites (tertiary alicyclic amines) is 1. The van der Waals surface area contributed by atoms with Crippen LogP contribution in [-0.4, -0.2) is 57.5 Å². The molecule has 4 rings (SSSR count). The summed E-state index contributed by atoms with van der Waals surface area (Å²) in [6, 6.07) is 1.94. The molecule has 1 saturated heterocycles. The second-order valence-corrected chi connectivity index (χ2v) is 9.32. The molecule has 168 valence electrons. The molecular weight excluding hydrogens is 403 g/mol. The molecule has 31 heavy (non-hydrogen) atoms. The first-order chi connectivity index (χ1) is 14.9. The van der Waals surface area contributed by atoms with E-state index in [1.807, 2.05) is 0 Å². The predicted molar refractivity (Wildman–Crippen MR) is 109 cm³/mol. The van der Waals surface area contributed by atoms with E-state index in [0.29, 0.717) is 36.8 Å². The zero-order valence-corrected chi connectivity index (χ0v) is 17.5. The van der Waals surface area contributed by atoms with Crippen LogP contribution in [0.1, 0.15) is 51.4 Å². The number of nitrogens with one attached hydrogen (secondary N) is 1. The van der Waals surface area contributed by atoms with Crippen LogP contribution in [0.4, 0.5) is 10.2 Å². The molecule has 1 aromatic rings. The summed E-state index contributed by atoms with van der Waals surface area (Å²) < 4.78 is 14.0. The number of hydroxylamine groups is 2. The highest BCUT2D eigenvalue weighted by Gasteiger charge is 2.56. The minimum atomic E-state index is -0.717. The zero-order valence-electron chi connectivity index (χ0n) is 17.5. The number of hydrogen-bond donors (Lipinski definition) is 2. The van der Waals surface area contributed by atoms with Gasteiger partial charge in [0.15, 0.2) is 11.6 Å². The van der Waals surface area contributed by atoms with Gasteiger partial charge in [-0.3, -0.25) is 19.6 Å². The topological polar surface area (TPSA) is 103 Å². The standard InChI is InChI=1S/C22H29FN4O4/c23-17-6-3-9-24-19(17)25-20(29)18-11-22(7-8-22)13-27(18)21(30)16(12-26(31)14-28)10-15-4-1-2-5-15/h3,6,9,14-16,18,31H,1-2,4-5,7-8,10-13H2,(H,24,25,29)/t16-,18+/m1/s1. The van der Waals surface area contributed by atoms with Crippen molar-refractivity contribution >= 4 is 24.0 Å². The highest BCUT2D eigenvalue weighted by molar-refractivity contribution is 5.97. The number of anilines is 1. The summed E-state index contributed by atoms with van der Waals surface area (Å²) in [5.74, 6) is -1.66. The van der Waals surface area contributed by atoms with Crippen LogP contribution < -0.4 is 5.32 Å². The van der Waals surface area contributed by atoms with Gasteiger partial charge in [-0.15, -0.1) is 0 Å². The lowest BCUT2D eigenvalue weighted by Gasteiger charge is -2.30. The zero-order chi connectivity index (χ0) is 22.0. The molecule has 2 aliphatic carbocycles. The lowest BCUT2D eigenvalue weighted by atomic mass is 9.91. The van der Waals surface area contributed by atoms with Crippen molar-refractivity contribution < 1.29 is 24.0 Å². The smallest absolute Gasteiger partial charge is 0.248 e. The molecular formula is C22H29FN4O4. The van der Waals surface area contributed by atoms with Crippen LogP contribution in [0.15, 0.2) is 18.3 Å².